The Balaban J connectivity index is 1.71. The van der Waals surface area contributed by atoms with Gasteiger partial charge in [0, 0.05) is 28.2 Å². The number of carbonyl (C=O) groups excluding carboxylic acids is 1. The maximum atomic E-state index is 14.1. The molecule has 0 saturated heterocycles. The van der Waals surface area contributed by atoms with Gasteiger partial charge in [0.15, 0.2) is 0 Å². The third-order valence-electron chi connectivity index (χ3n) is 5.21. The number of nitrogens with zero attached hydrogens (tertiary/aromatic N) is 1. The van der Waals surface area contributed by atoms with Crippen molar-refractivity contribution >= 4 is 29.2 Å². The van der Waals surface area contributed by atoms with Crippen LogP contribution in [-0.2, 0) is 13.0 Å². The third-order valence-corrected chi connectivity index (χ3v) is 5.79. The molecular weight excluding hydrogens is 398 g/mol. The van der Waals surface area contributed by atoms with Gasteiger partial charge in [-0.25, -0.2) is 9.18 Å². The average Bonchev–Trinajstić information content (AvgIpc) is 2.68. The molecule has 0 radical (unpaired) electrons. The highest BCUT2D eigenvalue weighted by molar-refractivity contribution is 6.35. The zero-order valence-electron chi connectivity index (χ0n) is 15.8. The van der Waals surface area contributed by atoms with E-state index in [1.165, 1.54) is 12.5 Å². The van der Waals surface area contributed by atoms with Crippen LogP contribution in [-0.4, -0.2) is 23.5 Å². The van der Waals surface area contributed by atoms with E-state index in [2.05, 4.69) is 5.32 Å². The highest BCUT2D eigenvalue weighted by atomic mass is 35.5. The van der Waals surface area contributed by atoms with E-state index in [-0.39, 0.29) is 24.4 Å². The van der Waals surface area contributed by atoms with Crippen LogP contribution in [0.3, 0.4) is 0 Å². The summed E-state index contributed by atoms with van der Waals surface area (Å²) in [5, 5.41) is 4.28. The normalized spacial score (nSPS) is 14.7. The molecule has 3 rings (SSSR count). The molecule has 0 bridgehead atoms. The molecule has 1 saturated carbocycles. The Kier molecular flexibility index (Phi) is 7.57. The third kappa shape index (κ3) is 5.86. The summed E-state index contributed by atoms with van der Waals surface area (Å²) in [4.78, 5) is 14.6. The Hall–Kier alpha value is -1.78. The molecule has 1 aliphatic carbocycles. The molecule has 3 nitrogen and oxygen atoms in total. The first-order valence-electron chi connectivity index (χ1n) is 9.75. The van der Waals surface area contributed by atoms with Crippen molar-refractivity contribution in [2.24, 2.45) is 0 Å². The lowest BCUT2D eigenvalue weighted by Crippen LogP contribution is -2.46. The van der Waals surface area contributed by atoms with Crippen LogP contribution in [0.25, 0.3) is 0 Å². The molecule has 1 fully saturated rings. The number of benzene rings is 2. The first kappa shape index (κ1) is 20.9. The number of rotatable bonds is 6. The van der Waals surface area contributed by atoms with Gasteiger partial charge in [0.1, 0.15) is 5.82 Å². The molecule has 0 spiro atoms. The average molecular weight is 423 g/mol. The molecule has 0 unspecified atom stereocenters. The number of halogens is 3. The van der Waals surface area contributed by atoms with Gasteiger partial charge in [-0.05, 0) is 43.0 Å². The molecule has 1 N–H and O–H groups in total. The SMILES string of the molecule is O=C(NC1CCCCC1)N(CCc1ccc(Cl)cc1Cl)Cc1ccccc1F. The van der Waals surface area contributed by atoms with Gasteiger partial charge in [-0.2, -0.15) is 0 Å². The molecule has 2 amide bonds. The summed E-state index contributed by atoms with van der Waals surface area (Å²) in [5.41, 5.74) is 1.42. The van der Waals surface area contributed by atoms with E-state index in [4.69, 9.17) is 23.2 Å². The Morgan fingerprint density at radius 2 is 1.82 bits per heavy atom. The first-order valence-corrected chi connectivity index (χ1v) is 10.5. The fourth-order valence-electron chi connectivity index (χ4n) is 3.58. The summed E-state index contributed by atoms with van der Waals surface area (Å²) in [5.74, 6) is -0.303. The molecule has 150 valence electrons. The summed E-state index contributed by atoms with van der Waals surface area (Å²) in [7, 11) is 0. The lowest BCUT2D eigenvalue weighted by molar-refractivity contribution is 0.187. The summed E-state index contributed by atoms with van der Waals surface area (Å²) in [6, 6.07) is 12.0. The number of hydrogen-bond donors (Lipinski definition) is 1. The van der Waals surface area contributed by atoms with Crippen LogP contribution in [0.15, 0.2) is 42.5 Å². The first-order chi connectivity index (χ1) is 13.5. The molecule has 0 aliphatic heterocycles. The van der Waals surface area contributed by atoms with E-state index in [1.807, 2.05) is 6.07 Å². The highest BCUT2D eigenvalue weighted by Crippen LogP contribution is 2.22. The van der Waals surface area contributed by atoms with Crippen molar-refractivity contribution in [3.8, 4) is 0 Å². The van der Waals surface area contributed by atoms with Crippen LogP contribution in [0.2, 0.25) is 10.0 Å². The molecule has 2 aromatic rings. The standard InChI is InChI=1S/C22H25Cl2FN2O/c23-18-11-10-16(20(24)14-18)12-13-27(15-17-6-4-5-9-21(17)25)22(28)26-19-7-2-1-3-8-19/h4-6,9-11,14,19H,1-3,7-8,12-13,15H2,(H,26,28). The van der Waals surface area contributed by atoms with Gasteiger partial charge in [0.25, 0.3) is 0 Å². The van der Waals surface area contributed by atoms with Crippen LogP contribution in [0.1, 0.15) is 43.2 Å². The van der Waals surface area contributed by atoms with Gasteiger partial charge < -0.3 is 10.2 Å². The minimum atomic E-state index is -0.303. The maximum absolute atomic E-state index is 14.1. The Morgan fingerprint density at radius 1 is 1.07 bits per heavy atom. The summed E-state index contributed by atoms with van der Waals surface area (Å²) in [6.45, 7) is 0.657. The van der Waals surface area contributed by atoms with Gasteiger partial charge >= 0.3 is 6.03 Å². The zero-order chi connectivity index (χ0) is 19.9. The predicted molar refractivity (Wildman–Crippen MR) is 112 cm³/mol. The molecule has 1 aliphatic rings. The minimum Gasteiger partial charge on any atom is -0.335 e. The Morgan fingerprint density at radius 3 is 2.54 bits per heavy atom. The van der Waals surface area contributed by atoms with E-state index in [9.17, 15) is 9.18 Å². The maximum Gasteiger partial charge on any atom is 0.317 e. The van der Waals surface area contributed by atoms with E-state index in [0.29, 0.717) is 28.6 Å². The fraction of sp³-hybridized carbons (Fsp3) is 0.409. The van der Waals surface area contributed by atoms with E-state index in [0.717, 1.165) is 31.2 Å². The van der Waals surface area contributed by atoms with Gasteiger partial charge in [-0.1, -0.05) is 66.7 Å². The van der Waals surface area contributed by atoms with E-state index >= 15 is 0 Å². The molecule has 28 heavy (non-hydrogen) atoms. The number of urea groups is 1. The summed E-state index contributed by atoms with van der Waals surface area (Å²) >= 11 is 12.2. The van der Waals surface area contributed by atoms with Crippen LogP contribution < -0.4 is 5.32 Å². The second-order valence-corrected chi connectivity index (χ2v) is 8.13. The van der Waals surface area contributed by atoms with Crippen LogP contribution in [0, 0.1) is 5.82 Å². The van der Waals surface area contributed by atoms with Crippen molar-refractivity contribution in [3.05, 3.63) is 69.5 Å². The van der Waals surface area contributed by atoms with Gasteiger partial charge in [-0.3, -0.25) is 0 Å². The van der Waals surface area contributed by atoms with Crippen LogP contribution in [0.4, 0.5) is 9.18 Å². The van der Waals surface area contributed by atoms with Crippen molar-refractivity contribution in [1.29, 1.82) is 0 Å². The Bertz CT molecular complexity index is 809. The van der Waals surface area contributed by atoms with Crippen molar-refractivity contribution in [2.75, 3.05) is 6.54 Å². The lowest BCUT2D eigenvalue weighted by atomic mass is 9.96. The van der Waals surface area contributed by atoms with Gasteiger partial charge in [-0.15, -0.1) is 0 Å². The molecule has 0 aromatic heterocycles. The Labute approximate surface area is 175 Å². The van der Waals surface area contributed by atoms with E-state index in [1.54, 1.807) is 35.2 Å². The second-order valence-electron chi connectivity index (χ2n) is 7.28. The lowest BCUT2D eigenvalue weighted by Gasteiger charge is -2.29. The van der Waals surface area contributed by atoms with Crippen LogP contribution in [0.5, 0.6) is 0 Å². The highest BCUT2D eigenvalue weighted by Gasteiger charge is 2.21. The van der Waals surface area contributed by atoms with E-state index < -0.39 is 0 Å². The zero-order valence-corrected chi connectivity index (χ0v) is 17.3. The van der Waals surface area contributed by atoms with Crippen LogP contribution >= 0.6 is 23.2 Å². The fourth-order valence-corrected chi connectivity index (χ4v) is 4.08. The number of hydrogen-bond acceptors (Lipinski definition) is 1. The molecular formula is C22H25Cl2FN2O. The van der Waals surface area contributed by atoms with Crippen molar-refractivity contribution in [1.82, 2.24) is 10.2 Å². The number of nitrogens with one attached hydrogen (secondary N) is 1. The largest absolute Gasteiger partial charge is 0.335 e. The number of carbonyl (C=O) groups is 1. The summed E-state index contributed by atoms with van der Waals surface area (Å²) in [6.07, 6.45) is 6.07. The molecule has 0 atom stereocenters. The molecule has 6 heteroatoms. The predicted octanol–water partition coefficient (Wildman–Crippen LogP) is 6.22. The second kappa shape index (κ2) is 10.1. The number of amides is 2. The monoisotopic (exact) mass is 422 g/mol. The molecule has 0 heterocycles. The van der Waals surface area contributed by atoms with Crippen molar-refractivity contribution in [3.63, 3.8) is 0 Å². The van der Waals surface area contributed by atoms with Gasteiger partial charge in [0.2, 0.25) is 0 Å². The quantitative estimate of drug-likeness (QED) is 0.588. The smallest absolute Gasteiger partial charge is 0.317 e. The van der Waals surface area contributed by atoms with Crippen molar-refractivity contribution < 1.29 is 9.18 Å². The van der Waals surface area contributed by atoms with Crippen molar-refractivity contribution in [2.45, 2.75) is 51.1 Å². The topological polar surface area (TPSA) is 32.3 Å². The molecule has 2 aromatic carbocycles. The minimum absolute atomic E-state index is 0.153. The summed E-state index contributed by atoms with van der Waals surface area (Å²) < 4.78 is 14.1. The van der Waals surface area contributed by atoms with Gasteiger partial charge in [0.05, 0.1) is 6.54 Å².